The lowest BCUT2D eigenvalue weighted by atomic mass is 9.99. The van der Waals surface area contributed by atoms with Gasteiger partial charge in [0.25, 0.3) is 0 Å². The van der Waals surface area contributed by atoms with Crippen molar-refractivity contribution in [2.45, 2.75) is 6.10 Å². The number of hydrogen-bond acceptors (Lipinski definition) is 2. The van der Waals surface area contributed by atoms with Gasteiger partial charge in [-0.15, -0.1) is 0 Å². The summed E-state index contributed by atoms with van der Waals surface area (Å²) in [4.78, 5) is 0. The fraction of sp³-hybridized carbons (Fsp3) is 0.143. The summed E-state index contributed by atoms with van der Waals surface area (Å²) < 4.78 is 8.60. The lowest BCUT2D eigenvalue weighted by molar-refractivity contribution is 0.0243. The summed E-state index contributed by atoms with van der Waals surface area (Å²) in [5.74, 6) is 0. The van der Waals surface area contributed by atoms with Crippen LogP contribution < -0.4 is 5.32 Å². The maximum Gasteiger partial charge on any atom is 0.110 e. The molecule has 31 heavy (non-hydrogen) atoms. The monoisotopic (exact) mass is 404 g/mol. The Morgan fingerprint density at radius 2 is 1.52 bits per heavy atom. The molecule has 1 aliphatic heterocycles. The predicted molar refractivity (Wildman–Crippen MR) is 128 cm³/mol. The van der Waals surface area contributed by atoms with E-state index in [1.165, 1.54) is 44.2 Å². The van der Waals surface area contributed by atoms with Crippen LogP contribution >= 0.6 is 0 Å². The summed E-state index contributed by atoms with van der Waals surface area (Å²) >= 11 is 0. The molecule has 3 heteroatoms. The number of rotatable bonds is 3. The van der Waals surface area contributed by atoms with Crippen molar-refractivity contribution in [3.05, 3.63) is 103 Å². The number of aromatic nitrogens is 1. The van der Waals surface area contributed by atoms with E-state index in [0.29, 0.717) is 0 Å². The van der Waals surface area contributed by atoms with Crippen LogP contribution in [0.1, 0.15) is 11.8 Å². The smallest absolute Gasteiger partial charge is 0.110 e. The van der Waals surface area contributed by atoms with Gasteiger partial charge < -0.3 is 14.6 Å². The molecule has 1 aliphatic rings. The molecule has 6 rings (SSSR count). The first-order chi connectivity index (χ1) is 15.4. The van der Waals surface area contributed by atoms with Crippen molar-refractivity contribution in [3.63, 3.8) is 0 Å². The third kappa shape index (κ3) is 3.23. The van der Waals surface area contributed by atoms with Crippen LogP contribution in [0, 0.1) is 0 Å². The van der Waals surface area contributed by atoms with Crippen LogP contribution in [0.4, 0.5) is 0 Å². The van der Waals surface area contributed by atoms with Gasteiger partial charge in [0.05, 0.1) is 23.5 Å². The topological polar surface area (TPSA) is 26.2 Å². The highest BCUT2D eigenvalue weighted by Gasteiger charge is 2.23. The zero-order chi connectivity index (χ0) is 20.6. The van der Waals surface area contributed by atoms with Gasteiger partial charge in [0.1, 0.15) is 6.10 Å². The zero-order valence-corrected chi connectivity index (χ0v) is 17.3. The Morgan fingerprint density at radius 1 is 0.742 bits per heavy atom. The summed E-state index contributed by atoms with van der Waals surface area (Å²) in [5, 5.41) is 7.21. The molecule has 1 fully saturated rings. The number of hydrogen-bond donors (Lipinski definition) is 1. The Labute approximate surface area is 181 Å². The van der Waals surface area contributed by atoms with Gasteiger partial charge in [-0.2, -0.15) is 0 Å². The van der Waals surface area contributed by atoms with Crippen LogP contribution in [-0.4, -0.2) is 24.3 Å². The van der Waals surface area contributed by atoms with E-state index in [2.05, 4.69) is 107 Å². The van der Waals surface area contributed by atoms with Crippen molar-refractivity contribution in [1.82, 2.24) is 9.88 Å². The minimum atomic E-state index is 0.0280. The van der Waals surface area contributed by atoms with Gasteiger partial charge in [-0.25, -0.2) is 0 Å². The standard InChI is InChI=1S/C28H24N2O/c1-2-8-20(9-3-1)23-16-21-10-4-6-12-24(21)26(18-23)30-25-13-7-5-11-22(25)17-27(30)28-19-29-14-15-31-28/h1-13,16-18,28-29H,14-15,19H2. The van der Waals surface area contributed by atoms with Crippen LogP contribution in [0.5, 0.6) is 0 Å². The van der Waals surface area contributed by atoms with E-state index >= 15 is 0 Å². The summed E-state index contributed by atoms with van der Waals surface area (Å²) in [6, 6.07) is 34.8. The average Bonchev–Trinajstić information content (AvgIpc) is 3.24. The molecule has 1 atom stereocenters. The van der Waals surface area contributed by atoms with Crippen molar-refractivity contribution < 1.29 is 4.74 Å². The van der Waals surface area contributed by atoms with Crippen LogP contribution in [-0.2, 0) is 4.74 Å². The van der Waals surface area contributed by atoms with Crippen molar-refractivity contribution in [1.29, 1.82) is 0 Å². The van der Waals surface area contributed by atoms with Crippen LogP contribution in [0.2, 0.25) is 0 Å². The van der Waals surface area contributed by atoms with Gasteiger partial charge >= 0.3 is 0 Å². The molecule has 1 unspecified atom stereocenters. The fourth-order valence-corrected chi connectivity index (χ4v) is 4.71. The minimum Gasteiger partial charge on any atom is -0.369 e. The van der Waals surface area contributed by atoms with Crippen LogP contribution in [0.3, 0.4) is 0 Å². The van der Waals surface area contributed by atoms with Gasteiger partial charge in [-0.05, 0) is 40.8 Å². The Hall–Kier alpha value is -3.40. The Balaban J connectivity index is 1.67. The van der Waals surface area contributed by atoms with Gasteiger partial charge in [0, 0.05) is 23.9 Å². The number of fused-ring (bicyclic) bond motifs is 2. The third-order valence-corrected chi connectivity index (χ3v) is 6.18. The average molecular weight is 405 g/mol. The van der Waals surface area contributed by atoms with Crippen LogP contribution in [0.25, 0.3) is 38.5 Å². The molecule has 3 nitrogen and oxygen atoms in total. The molecule has 0 bridgehead atoms. The van der Waals surface area contributed by atoms with E-state index in [9.17, 15) is 0 Å². The number of morpholine rings is 1. The first-order valence-electron chi connectivity index (χ1n) is 10.9. The molecule has 0 aliphatic carbocycles. The molecule has 0 amide bonds. The Morgan fingerprint density at radius 3 is 2.35 bits per heavy atom. The SMILES string of the molecule is c1ccc(-c2cc(-n3c(C4CNCCO4)cc4ccccc43)c3ccccc3c2)cc1. The number of para-hydroxylation sites is 1. The lowest BCUT2D eigenvalue weighted by Gasteiger charge is -2.26. The van der Waals surface area contributed by atoms with Gasteiger partial charge in [-0.1, -0.05) is 72.8 Å². The van der Waals surface area contributed by atoms with E-state index in [-0.39, 0.29) is 6.10 Å². The predicted octanol–water partition coefficient (Wildman–Crippen LogP) is 6.11. The summed E-state index contributed by atoms with van der Waals surface area (Å²) in [7, 11) is 0. The first-order valence-corrected chi connectivity index (χ1v) is 10.9. The Kier molecular flexibility index (Phi) is 4.56. The molecule has 152 valence electrons. The molecule has 0 radical (unpaired) electrons. The molecular weight excluding hydrogens is 380 g/mol. The van der Waals surface area contributed by atoms with Crippen molar-refractivity contribution >= 4 is 21.7 Å². The van der Waals surface area contributed by atoms with Crippen LogP contribution in [0.15, 0.2) is 97.1 Å². The van der Waals surface area contributed by atoms with Gasteiger partial charge in [-0.3, -0.25) is 0 Å². The summed E-state index contributed by atoms with van der Waals surface area (Å²) in [6.07, 6.45) is 0.0280. The maximum absolute atomic E-state index is 6.20. The molecule has 0 saturated carbocycles. The highest BCUT2D eigenvalue weighted by molar-refractivity contribution is 5.97. The molecule has 2 heterocycles. The van der Waals surface area contributed by atoms with E-state index < -0.39 is 0 Å². The number of nitrogens with zero attached hydrogens (tertiary/aromatic N) is 1. The molecule has 1 N–H and O–H groups in total. The van der Waals surface area contributed by atoms with Gasteiger partial charge in [0.2, 0.25) is 0 Å². The maximum atomic E-state index is 6.20. The Bertz CT molecular complexity index is 1360. The van der Waals surface area contributed by atoms with Crippen molar-refractivity contribution in [2.75, 3.05) is 19.7 Å². The van der Waals surface area contributed by atoms with Crippen molar-refractivity contribution in [2.24, 2.45) is 0 Å². The molecule has 1 aromatic heterocycles. The fourth-order valence-electron chi connectivity index (χ4n) is 4.71. The molecular formula is C28H24N2O. The first kappa shape index (κ1) is 18.4. The largest absolute Gasteiger partial charge is 0.369 e. The zero-order valence-electron chi connectivity index (χ0n) is 17.3. The lowest BCUT2D eigenvalue weighted by Crippen LogP contribution is -2.34. The summed E-state index contributed by atoms with van der Waals surface area (Å²) in [6.45, 7) is 2.47. The molecule has 5 aromatic rings. The molecule has 1 saturated heterocycles. The van der Waals surface area contributed by atoms with E-state index in [0.717, 1.165) is 19.7 Å². The molecule has 4 aromatic carbocycles. The minimum absolute atomic E-state index is 0.0280. The van der Waals surface area contributed by atoms with E-state index in [1.807, 2.05) is 0 Å². The number of nitrogens with one attached hydrogen (secondary N) is 1. The van der Waals surface area contributed by atoms with Crippen molar-refractivity contribution in [3.8, 4) is 16.8 Å². The molecule has 0 spiro atoms. The number of ether oxygens (including phenoxy) is 1. The second-order valence-electron chi connectivity index (χ2n) is 8.11. The van der Waals surface area contributed by atoms with E-state index in [1.54, 1.807) is 0 Å². The normalized spacial score (nSPS) is 16.7. The highest BCUT2D eigenvalue weighted by Crippen LogP contribution is 2.36. The second kappa shape index (κ2) is 7.69. The van der Waals surface area contributed by atoms with E-state index in [4.69, 9.17) is 4.74 Å². The highest BCUT2D eigenvalue weighted by atomic mass is 16.5. The second-order valence-corrected chi connectivity index (χ2v) is 8.11. The third-order valence-electron chi connectivity index (χ3n) is 6.18. The number of benzene rings is 4. The summed E-state index contributed by atoms with van der Waals surface area (Å²) in [5.41, 5.74) is 6.05. The van der Waals surface area contributed by atoms with Gasteiger partial charge in [0.15, 0.2) is 0 Å². The quantitative estimate of drug-likeness (QED) is 0.392.